The molecule has 5 nitrogen and oxygen atoms in total. The van der Waals surface area contributed by atoms with Gasteiger partial charge in [-0.05, 0) is 51.1 Å². The molecule has 2 heterocycles. The molecular weight excluding hydrogens is 395 g/mol. The van der Waals surface area contributed by atoms with Gasteiger partial charge in [-0.15, -0.1) is 0 Å². The molecule has 144 valence electrons. The molecule has 0 unspecified atom stereocenters. The van der Waals surface area contributed by atoms with Crippen LogP contribution in [0.1, 0.15) is 49.2 Å². The Kier molecular flexibility index (Phi) is 4.81. The Morgan fingerprint density at radius 2 is 1.89 bits per heavy atom. The number of imidazole rings is 1. The summed E-state index contributed by atoms with van der Waals surface area (Å²) in [4.78, 5) is 20.7. The first kappa shape index (κ1) is 18.8. The fraction of sp³-hybridized carbons (Fsp3) is 0.238. The second-order valence-electron chi connectivity index (χ2n) is 7.12. The van der Waals surface area contributed by atoms with Crippen LogP contribution >= 0.6 is 23.2 Å². The number of aromatic nitrogens is 3. The lowest BCUT2D eigenvalue weighted by Crippen LogP contribution is -2.29. The fourth-order valence-electron chi connectivity index (χ4n) is 3.53. The van der Waals surface area contributed by atoms with E-state index in [4.69, 9.17) is 28.2 Å². The zero-order valence-electron chi connectivity index (χ0n) is 15.8. The number of H-pyrrole nitrogens is 1. The van der Waals surface area contributed by atoms with Crippen molar-refractivity contribution in [2.24, 2.45) is 0 Å². The van der Waals surface area contributed by atoms with Crippen molar-refractivity contribution >= 4 is 51.0 Å². The summed E-state index contributed by atoms with van der Waals surface area (Å²) in [5, 5.41) is 4.67. The predicted molar refractivity (Wildman–Crippen MR) is 114 cm³/mol. The molecule has 0 aliphatic rings. The average molecular weight is 415 g/mol. The van der Waals surface area contributed by atoms with E-state index in [0.717, 1.165) is 27.8 Å². The number of nitrogens with one attached hydrogen (secondary N) is 2. The smallest absolute Gasteiger partial charge is 0.269 e. The average Bonchev–Trinajstić information content (AvgIpc) is 3.20. The molecule has 2 aromatic heterocycles. The SMILES string of the molecule is CC(C)n1c([C@@H](C)NC(=O)c2[nH]c3ccc(Cl)cc3c2Cl)nc2ccccc21. The maximum Gasteiger partial charge on any atom is 0.269 e. The quantitative estimate of drug-likeness (QED) is 0.436. The Hall–Kier alpha value is -2.50. The molecule has 0 radical (unpaired) electrons. The van der Waals surface area contributed by atoms with Gasteiger partial charge in [0.2, 0.25) is 0 Å². The number of benzene rings is 2. The third-order valence-electron chi connectivity index (χ3n) is 4.80. The first-order valence-electron chi connectivity index (χ1n) is 9.11. The minimum absolute atomic E-state index is 0.209. The maximum absolute atomic E-state index is 12.9. The molecule has 4 rings (SSSR count). The molecule has 2 N–H and O–H groups in total. The number of carbonyl (C=O) groups is 1. The van der Waals surface area contributed by atoms with Gasteiger partial charge in [0.25, 0.3) is 5.91 Å². The van der Waals surface area contributed by atoms with Gasteiger partial charge in [0, 0.05) is 22.0 Å². The number of halogens is 2. The lowest BCUT2D eigenvalue weighted by atomic mass is 10.2. The van der Waals surface area contributed by atoms with Crippen LogP contribution in [0.15, 0.2) is 42.5 Å². The summed E-state index contributed by atoms with van der Waals surface area (Å²) in [7, 11) is 0. The summed E-state index contributed by atoms with van der Waals surface area (Å²) in [5.41, 5.74) is 3.04. The second kappa shape index (κ2) is 7.15. The van der Waals surface area contributed by atoms with Gasteiger partial charge in [-0.2, -0.15) is 0 Å². The van der Waals surface area contributed by atoms with Crippen molar-refractivity contribution < 1.29 is 4.79 Å². The van der Waals surface area contributed by atoms with Crippen LogP contribution in [0.4, 0.5) is 0 Å². The van der Waals surface area contributed by atoms with E-state index in [1.54, 1.807) is 12.1 Å². The van der Waals surface area contributed by atoms with Crippen molar-refractivity contribution in [1.82, 2.24) is 19.9 Å². The molecule has 4 aromatic rings. The number of fused-ring (bicyclic) bond motifs is 2. The normalized spacial score (nSPS) is 12.8. The first-order chi connectivity index (χ1) is 13.4. The Balaban J connectivity index is 1.68. The highest BCUT2D eigenvalue weighted by atomic mass is 35.5. The lowest BCUT2D eigenvalue weighted by Gasteiger charge is -2.18. The van der Waals surface area contributed by atoms with Crippen molar-refractivity contribution in [3.63, 3.8) is 0 Å². The van der Waals surface area contributed by atoms with Crippen LogP contribution < -0.4 is 5.32 Å². The molecule has 0 fully saturated rings. The molecule has 7 heteroatoms. The van der Waals surface area contributed by atoms with E-state index in [-0.39, 0.29) is 18.0 Å². The van der Waals surface area contributed by atoms with E-state index in [2.05, 4.69) is 28.7 Å². The Bertz CT molecular complexity index is 1190. The fourth-order valence-corrected chi connectivity index (χ4v) is 3.99. The largest absolute Gasteiger partial charge is 0.349 e. The topological polar surface area (TPSA) is 62.7 Å². The zero-order valence-corrected chi connectivity index (χ0v) is 17.3. The van der Waals surface area contributed by atoms with Crippen molar-refractivity contribution in [2.45, 2.75) is 32.9 Å². The number of rotatable bonds is 4. The number of hydrogen-bond donors (Lipinski definition) is 2. The summed E-state index contributed by atoms with van der Waals surface area (Å²) in [6, 6.07) is 13.2. The van der Waals surface area contributed by atoms with Gasteiger partial charge in [-0.1, -0.05) is 35.3 Å². The van der Waals surface area contributed by atoms with Crippen LogP contribution in [-0.4, -0.2) is 20.4 Å². The molecule has 1 atom stereocenters. The Labute approximate surface area is 172 Å². The summed E-state index contributed by atoms with van der Waals surface area (Å²) in [5.74, 6) is 0.520. The molecule has 0 saturated heterocycles. The second-order valence-corrected chi connectivity index (χ2v) is 7.94. The Morgan fingerprint density at radius 1 is 1.14 bits per heavy atom. The third-order valence-corrected chi connectivity index (χ3v) is 5.43. The molecule has 1 amide bonds. The van der Waals surface area contributed by atoms with E-state index >= 15 is 0 Å². The highest BCUT2D eigenvalue weighted by molar-refractivity contribution is 6.39. The molecule has 0 spiro atoms. The van der Waals surface area contributed by atoms with Gasteiger partial charge < -0.3 is 14.9 Å². The minimum atomic E-state index is -0.298. The number of para-hydroxylation sites is 2. The maximum atomic E-state index is 12.9. The van der Waals surface area contributed by atoms with E-state index in [0.29, 0.717) is 15.7 Å². The van der Waals surface area contributed by atoms with Crippen LogP contribution in [0.3, 0.4) is 0 Å². The predicted octanol–water partition coefficient (Wildman–Crippen LogP) is 5.90. The molecular formula is C21H20Cl2N4O. The number of carbonyl (C=O) groups excluding carboxylic acids is 1. The molecule has 0 saturated carbocycles. The van der Waals surface area contributed by atoms with Crippen LogP contribution in [-0.2, 0) is 0 Å². The summed E-state index contributed by atoms with van der Waals surface area (Å²) >= 11 is 12.5. The van der Waals surface area contributed by atoms with E-state index in [9.17, 15) is 4.79 Å². The van der Waals surface area contributed by atoms with Crippen molar-refractivity contribution in [3.8, 4) is 0 Å². The standard InChI is InChI=1S/C21H20Cl2N4O/c1-11(2)27-17-7-5-4-6-16(17)26-20(27)12(3)24-21(28)19-18(23)14-10-13(22)8-9-15(14)25-19/h4-12,25H,1-3H3,(H,24,28)/t12-/m1/s1. The number of hydrogen-bond acceptors (Lipinski definition) is 2. The molecule has 0 aliphatic carbocycles. The monoisotopic (exact) mass is 414 g/mol. The van der Waals surface area contributed by atoms with Crippen molar-refractivity contribution in [1.29, 1.82) is 0 Å². The van der Waals surface area contributed by atoms with Crippen molar-refractivity contribution in [3.05, 3.63) is 64.0 Å². The van der Waals surface area contributed by atoms with E-state index in [1.807, 2.05) is 37.3 Å². The number of nitrogens with zero attached hydrogens (tertiary/aromatic N) is 2. The Morgan fingerprint density at radius 3 is 2.64 bits per heavy atom. The van der Waals surface area contributed by atoms with E-state index < -0.39 is 0 Å². The van der Waals surface area contributed by atoms with E-state index in [1.165, 1.54) is 0 Å². The lowest BCUT2D eigenvalue weighted by molar-refractivity contribution is 0.0933. The molecule has 28 heavy (non-hydrogen) atoms. The van der Waals surface area contributed by atoms with Crippen LogP contribution in [0, 0.1) is 0 Å². The van der Waals surface area contributed by atoms with Crippen molar-refractivity contribution in [2.75, 3.05) is 0 Å². The van der Waals surface area contributed by atoms with Gasteiger partial charge in [0.1, 0.15) is 11.5 Å². The minimum Gasteiger partial charge on any atom is -0.349 e. The highest BCUT2D eigenvalue weighted by Crippen LogP contribution is 2.30. The van der Waals surface area contributed by atoms with Gasteiger partial charge in [0.15, 0.2) is 0 Å². The number of aromatic amines is 1. The molecule has 0 aliphatic heterocycles. The van der Waals surface area contributed by atoms with Gasteiger partial charge in [0.05, 0.1) is 22.1 Å². The van der Waals surface area contributed by atoms with Crippen LogP contribution in [0.25, 0.3) is 21.9 Å². The zero-order chi connectivity index (χ0) is 20.0. The van der Waals surface area contributed by atoms with Gasteiger partial charge in [-0.3, -0.25) is 4.79 Å². The highest BCUT2D eigenvalue weighted by Gasteiger charge is 2.23. The first-order valence-corrected chi connectivity index (χ1v) is 9.87. The molecule has 2 aromatic carbocycles. The van der Waals surface area contributed by atoms with Crippen LogP contribution in [0.5, 0.6) is 0 Å². The third kappa shape index (κ3) is 3.15. The summed E-state index contributed by atoms with van der Waals surface area (Å²) < 4.78 is 2.15. The van der Waals surface area contributed by atoms with Gasteiger partial charge >= 0.3 is 0 Å². The summed E-state index contributed by atoms with van der Waals surface area (Å²) in [6.45, 7) is 6.13. The summed E-state index contributed by atoms with van der Waals surface area (Å²) in [6.07, 6.45) is 0. The molecule has 0 bridgehead atoms. The van der Waals surface area contributed by atoms with Gasteiger partial charge in [-0.25, -0.2) is 4.98 Å². The number of amides is 1. The van der Waals surface area contributed by atoms with Crippen LogP contribution in [0.2, 0.25) is 10.0 Å².